The Hall–Kier alpha value is -0.990. The number of hydrogen-bond acceptors (Lipinski definition) is 2. The molecule has 1 heterocycles. The van der Waals surface area contributed by atoms with E-state index in [4.69, 9.17) is 10.7 Å². The van der Waals surface area contributed by atoms with Gasteiger partial charge in [-0.3, -0.25) is 0 Å². The Labute approximate surface area is 111 Å². The molecule has 1 aliphatic rings. The van der Waals surface area contributed by atoms with E-state index in [-0.39, 0.29) is 0 Å². The molecule has 1 aliphatic carbocycles. The van der Waals surface area contributed by atoms with E-state index < -0.39 is 0 Å². The van der Waals surface area contributed by atoms with Crippen molar-refractivity contribution in [2.45, 2.75) is 65.8 Å². The number of aromatic nitrogens is 2. The van der Waals surface area contributed by atoms with Gasteiger partial charge in [-0.25, -0.2) is 4.98 Å². The minimum Gasteiger partial charge on any atom is -0.384 e. The Balaban J connectivity index is 2.08. The van der Waals surface area contributed by atoms with E-state index in [0.717, 1.165) is 36.2 Å². The second-order valence-electron chi connectivity index (χ2n) is 6.20. The van der Waals surface area contributed by atoms with Gasteiger partial charge in [-0.2, -0.15) is 0 Å². The summed E-state index contributed by atoms with van der Waals surface area (Å²) in [5, 5.41) is 0. The van der Waals surface area contributed by atoms with Crippen molar-refractivity contribution in [3.8, 4) is 0 Å². The molecule has 1 saturated carbocycles. The zero-order valence-electron chi connectivity index (χ0n) is 12.1. The van der Waals surface area contributed by atoms with Gasteiger partial charge in [-0.15, -0.1) is 0 Å². The lowest BCUT2D eigenvalue weighted by Crippen LogP contribution is -2.12. The van der Waals surface area contributed by atoms with Gasteiger partial charge in [0, 0.05) is 6.54 Å². The minimum atomic E-state index is 0.614. The number of nitrogen functional groups attached to an aromatic ring is 1. The van der Waals surface area contributed by atoms with E-state index in [1.807, 2.05) is 0 Å². The Bertz CT molecular complexity index is 387. The summed E-state index contributed by atoms with van der Waals surface area (Å²) in [6, 6.07) is 0. The van der Waals surface area contributed by atoms with Gasteiger partial charge in [0.15, 0.2) is 0 Å². The molecule has 1 aromatic heterocycles. The molecule has 0 aromatic carbocycles. The molecule has 2 rings (SSSR count). The Kier molecular flexibility index (Phi) is 4.31. The number of rotatable bonds is 4. The maximum Gasteiger partial charge on any atom is 0.126 e. The number of nitrogens with two attached hydrogens (primary N) is 1. The average Bonchev–Trinajstić information content (AvgIpc) is 2.58. The molecule has 1 fully saturated rings. The molecule has 18 heavy (non-hydrogen) atoms. The zero-order chi connectivity index (χ0) is 13.1. The molecule has 102 valence electrons. The Morgan fingerprint density at radius 3 is 2.56 bits per heavy atom. The quantitative estimate of drug-likeness (QED) is 0.886. The van der Waals surface area contributed by atoms with Gasteiger partial charge in [0.1, 0.15) is 11.6 Å². The molecule has 0 amide bonds. The van der Waals surface area contributed by atoms with Crippen molar-refractivity contribution >= 4 is 5.82 Å². The first-order valence-corrected chi connectivity index (χ1v) is 7.39. The monoisotopic (exact) mass is 249 g/mol. The van der Waals surface area contributed by atoms with Crippen LogP contribution in [0, 0.1) is 18.8 Å². The number of nitrogens with zero attached hydrogens (tertiary/aromatic N) is 2. The molecular weight excluding hydrogens is 222 g/mol. The Morgan fingerprint density at radius 2 is 1.94 bits per heavy atom. The van der Waals surface area contributed by atoms with E-state index in [0.29, 0.717) is 5.92 Å². The van der Waals surface area contributed by atoms with Gasteiger partial charge >= 0.3 is 0 Å². The largest absolute Gasteiger partial charge is 0.384 e. The number of imidazole rings is 1. The maximum absolute atomic E-state index is 6.27. The standard InChI is InChI=1S/C15H27N3/c1-11(2)10-18-12(3)17-14(15(18)16)9-13-7-5-4-6-8-13/h11,13H,4-10,16H2,1-3H3. The molecule has 0 saturated heterocycles. The van der Waals surface area contributed by atoms with Crippen molar-refractivity contribution in [2.75, 3.05) is 5.73 Å². The van der Waals surface area contributed by atoms with Crippen LogP contribution >= 0.6 is 0 Å². The number of anilines is 1. The summed E-state index contributed by atoms with van der Waals surface area (Å²) in [5.41, 5.74) is 7.41. The highest BCUT2D eigenvalue weighted by Crippen LogP contribution is 2.28. The van der Waals surface area contributed by atoms with Crippen LogP contribution in [0.5, 0.6) is 0 Å². The smallest absolute Gasteiger partial charge is 0.126 e. The molecule has 1 aromatic rings. The number of hydrogen-bond donors (Lipinski definition) is 1. The van der Waals surface area contributed by atoms with Crippen molar-refractivity contribution in [2.24, 2.45) is 11.8 Å². The highest BCUT2D eigenvalue weighted by atomic mass is 15.1. The van der Waals surface area contributed by atoms with Crippen molar-refractivity contribution in [1.82, 2.24) is 9.55 Å². The molecule has 3 heteroatoms. The second kappa shape index (κ2) is 5.77. The van der Waals surface area contributed by atoms with Crippen molar-refractivity contribution < 1.29 is 0 Å². The van der Waals surface area contributed by atoms with E-state index in [1.54, 1.807) is 0 Å². The van der Waals surface area contributed by atoms with Crippen LogP contribution in [0.3, 0.4) is 0 Å². The SMILES string of the molecule is Cc1nc(CC2CCCCC2)c(N)n1CC(C)C. The van der Waals surface area contributed by atoms with Crippen LogP contribution in [0.4, 0.5) is 5.82 Å². The summed E-state index contributed by atoms with van der Waals surface area (Å²) in [4.78, 5) is 4.70. The van der Waals surface area contributed by atoms with Gasteiger partial charge in [0.25, 0.3) is 0 Å². The van der Waals surface area contributed by atoms with Gasteiger partial charge in [-0.05, 0) is 25.2 Å². The topological polar surface area (TPSA) is 43.8 Å². The van der Waals surface area contributed by atoms with Crippen LogP contribution < -0.4 is 5.73 Å². The molecular formula is C15H27N3. The van der Waals surface area contributed by atoms with Gasteiger partial charge in [-0.1, -0.05) is 46.0 Å². The van der Waals surface area contributed by atoms with Crippen molar-refractivity contribution in [3.05, 3.63) is 11.5 Å². The van der Waals surface area contributed by atoms with Crippen LogP contribution in [-0.4, -0.2) is 9.55 Å². The molecule has 0 radical (unpaired) electrons. The summed E-state index contributed by atoms with van der Waals surface area (Å²) in [7, 11) is 0. The van der Waals surface area contributed by atoms with E-state index in [2.05, 4.69) is 25.3 Å². The van der Waals surface area contributed by atoms with Crippen LogP contribution in [0.25, 0.3) is 0 Å². The van der Waals surface area contributed by atoms with E-state index in [9.17, 15) is 0 Å². The predicted molar refractivity (Wildman–Crippen MR) is 76.5 cm³/mol. The first-order chi connectivity index (χ1) is 8.58. The van der Waals surface area contributed by atoms with Crippen LogP contribution in [0.1, 0.15) is 57.5 Å². The molecule has 0 unspecified atom stereocenters. The third-order valence-corrected chi connectivity index (χ3v) is 4.03. The van der Waals surface area contributed by atoms with Crippen molar-refractivity contribution in [3.63, 3.8) is 0 Å². The lowest BCUT2D eigenvalue weighted by Gasteiger charge is -2.20. The lowest BCUT2D eigenvalue weighted by atomic mass is 9.86. The highest BCUT2D eigenvalue weighted by molar-refractivity contribution is 5.38. The third kappa shape index (κ3) is 3.06. The highest BCUT2D eigenvalue weighted by Gasteiger charge is 2.19. The molecule has 0 spiro atoms. The fraction of sp³-hybridized carbons (Fsp3) is 0.800. The summed E-state index contributed by atoms with van der Waals surface area (Å²) >= 11 is 0. The van der Waals surface area contributed by atoms with E-state index >= 15 is 0 Å². The summed E-state index contributed by atoms with van der Waals surface area (Å²) < 4.78 is 2.18. The normalized spacial score (nSPS) is 17.6. The molecule has 2 N–H and O–H groups in total. The lowest BCUT2D eigenvalue weighted by molar-refractivity contribution is 0.355. The van der Waals surface area contributed by atoms with Crippen LogP contribution in [0.15, 0.2) is 0 Å². The predicted octanol–water partition coefficient (Wildman–Crippen LogP) is 3.55. The molecule has 0 atom stereocenters. The van der Waals surface area contributed by atoms with E-state index in [1.165, 1.54) is 32.1 Å². The second-order valence-corrected chi connectivity index (χ2v) is 6.20. The Morgan fingerprint density at radius 1 is 1.28 bits per heavy atom. The fourth-order valence-electron chi connectivity index (χ4n) is 3.05. The molecule has 0 bridgehead atoms. The van der Waals surface area contributed by atoms with Crippen LogP contribution in [-0.2, 0) is 13.0 Å². The van der Waals surface area contributed by atoms with Gasteiger partial charge in [0.2, 0.25) is 0 Å². The summed E-state index contributed by atoms with van der Waals surface area (Å²) in [5.74, 6) is 3.41. The van der Waals surface area contributed by atoms with Gasteiger partial charge in [0.05, 0.1) is 5.69 Å². The van der Waals surface area contributed by atoms with Gasteiger partial charge < -0.3 is 10.3 Å². The molecule has 0 aliphatic heterocycles. The summed E-state index contributed by atoms with van der Waals surface area (Å²) in [6.07, 6.45) is 7.97. The first kappa shape index (κ1) is 13.4. The zero-order valence-corrected chi connectivity index (χ0v) is 12.1. The average molecular weight is 249 g/mol. The van der Waals surface area contributed by atoms with Crippen LogP contribution in [0.2, 0.25) is 0 Å². The fourth-order valence-corrected chi connectivity index (χ4v) is 3.05. The third-order valence-electron chi connectivity index (χ3n) is 4.03. The summed E-state index contributed by atoms with van der Waals surface area (Å²) in [6.45, 7) is 7.50. The first-order valence-electron chi connectivity index (χ1n) is 7.39. The van der Waals surface area contributed by atoms with Crippen molar-refractivity contribution in [1.29, 1.82) is 0 Å². The molecule has 3 nitrogen and oxygen atoms in total. The maximum atomic E-state index is 6.27. The number of aryl methyl sites for hydroxylation is 1. The minimum absolute atomic E-state index is 0.614.